The number of hydrogen-bond donors (Lipinski definition) is 0. The van der Waals surface area contributed by atoms with Crippen molar-refractivity contribution in [3.63, 3.8) is 0 Å². The van der Waals surface area contributed by atoms with Gasteiger partial charge in [-0.1, -0.05) is 41.4 Å². The number of methoxy groups -OCH3 is 1. The Morgan fingerprint density at radius 2 is 1.66 bits per heavy atom. The maximum Gasteiger partial charge on any atom is 0.358 e. The van der Waals surface area contributed by atoms with Crippen LogP contribution in [0.25, 0.3) is 26.7 Å². The van der Waals surface area contributed by atoms with Crippen molar-refractivity contribution in [2.75, 3.05) is 13.4 Å². The van der Waals surface area contributed by atoms with Gasteiger partial charge in [0.15, 0.2) is 15.5 Å². The lowest BCUT2D eigenvalue weighted by Crippen LogP contribution is -2.05. The van der Waals surface area contributed by atoms with Gasteiger partial charge in [0.2, 0.25) is 0 Å². The Bertz CT molecular complexity index is 1420. The number of carbonyl (C=O) groups excluding carboxylic acids is 1. The van der Waals surface area contributed by atoms with Crippen LogP contribution < -0.4 is 0 Å². The zero-order valence-electron chi connectivity index (χ0n) is 16.9. The van der Waals surface area contributed by atoms with E-state index in [1.165, 1.54) is 29.4 Å². The molecule has 2 aromatic carbocycles. The molecule has 0 spiro atoms. The highest BCUT2D eigenvalue weighted by molar-refractivity contribution is 7.90. The fourth-order valence-electron chi connectivity index (χ4n) is 3.13. The molecule has 0 N–H and O–H groups in total. The van der Waals surface area contributed by atoms with Gasteiger partial charge in [0.25, 0.3) is 0 Å². The molecule has 0 saturated heterocycles. The summed E-state index contributed by atoms with van der Waals surface area (Å²) in [5.41, 5.74) is 1.90. The second-order valence-electron chi connectivity index (χ2n) is 6.85. The van der Waals surface area contributed by atoms with Crippen LogP contribution >= 0.6 is 34.5 Å². The lowest BCUT2D eigenvalue weighted by atomic mass is 10.2. The molecular weight excluding hydrogens is 491 g/mol. The summed E-state index contributed by atoms with van der Waals surface area (Å²) in [5.74, 6) is -0.592. The van der Waals surface area contributed by atoms with Crippen molar-refractivity contribution in [3.05, 3.63) is 76.4 Å². The molecule has 0 bridgehead atoms. The number of ether oxygens (including phenoxy) is 1. The number of benzene rings is 2. The van der Waals surface area contributed by atoms with E-state index in [0.717, 1.165) is 15.3 Å². The van der Waals surface area contributed by atoms with Gasteiger partial charge >= 0.3 is 5.97 Å². The van der Waals surface area contributed by atoms with Crippen molar-refractivity contribution in [3.8, 4) is 26.7 Å². The summed E-state index contributed by atoms with van der Waals surface area (Å²) in [4.78, 5) is 14.0. The molecule has 0 saturated carbocycles. The third-order valence-corrected chi connectivity index (χ3v) is 7.54. The molecule has 2 aromatic heterocycles. The lowest BCUT2D eigenvalue weighted by molar-refractivity contribution is 0.0593. The molecule has 32 heavy (non-hydrogen) atoms. The number of rotatable bonds is 5. The largest absolute Gasteiger partial charge is 0.464 e. The van der Waals surface area contributed by atoms with Crippen LogP contribution in [0.1, 0.15) is 10.5 Å². The Labute approximate surface area is 198 Å². The number of thiophene rings is 1. The molecule has 0 fully saturated rings. The second kappa shape index (κ2) is 8.71. The van der Waals surface area contributed by atoms with Crippen LogP contribution in [0, 0.1) is 0 Å². The van der Waals surface area contributed by atoms with Gasteiger partial charge in [0.05, 0.1) is 32.6 Å². The third kappa shape index (κ3) is 4.31. The summed E-state index contributed by atoms with van der Waals surface area (Å²) in [7, 11) is -2.05. The zero-order valence-corrected chi connectivity index (χ0v) is 20.0. The van der Waals surface area contributed by atoms with Crippen LogP contribution in [0.2, 0.25) is 10.0 Å². The fourth-order valence-corrected chi connectivity index (χ4v) is 5.36. The normalized spacial score (nSPS) is 11.5. The summed E-state index contributed by atoms with van der Waals surface area (Å²) in [5, 5.41) is 5.12. The third-order valence-electron chi connectivity index (χ3n) is 4.66. The number of aromatic nitrogens is 2. The average Bonchev–Trinajstić information content (AvgIpc) is 3.40. The summed E-state index contributed by atoms with van der Waals surface area (Å²) in [6, 6.07) is 17.2. The van der Waals surface area contributed by atoms with Crippen molar-refractivity contribution in [1.82, 2.24) is 9.78 Å². The molecule has 0 aliphatic rings. The van der Waals surface area contributed by atoms with Crippen LogP contribution in [-0.4, -0.2) is 37.5 Å². The first kappa shape index (κ1) is 22.5. The first-order valence-electron chi connectivity index (χ1n) is 9.22. The molecule has 10 heteroatoms. The van der Waals surface area contributed by atoms with E-state index in [2.05, 4.69) is 5.10 Å². The molecule has 0 unspecified atom stereocenters. The molecule has 6 nitrogen and oxygen atoms in total. The first-order valence-corrected chi connectivity index (χ1v) is 12.7. The summed E-state index contributed by atoms with van der Waals surface area (Å²) < 4.78 is 30.2. The zero-order chi connectivity index (χ0) is 23.0. The van der Waals surface area contributed by atoms with Gasteiger partial charge in [0, 0.05) is 17.2 Å². The minimum absolute atomic E-state index is 0.104. The highest BCUT2D eigenvalue weighted by Gasteiger charge is 2.21. The number of nitrogens with zero attached hydrogens (tertiary/aromatic N) is 2. The average molecular weight is 507 g/mol. The van der Waals surface area contributed by atoms with Crippen LogP contribution in [0.4, 0.5) is 0 Å². The molecule has 164 valence electrons. The SMILES string of the molecule is COC(=O)c1cc(-c2ccc(-c3cccc(S(C)(=O)=O)c3)s2)n(-c2c(Cl)cccc2Cl)n1. The highest BCUT2D eigenvalue weighted by Crippen LogP contribution is 2.38. The molecule has 0 atom stereocenters. The maximum atomic E-state index is 12.2. The van der Waals surface area contributed by atoms with Crippen molar-refractivity contribution < 1.29 is 17.9 Å². The van der Waals surface area contributed by atoms with Crippen LogP contribution in [0.5, 0.6) is 0 Å². The van der Waals surface area contributed by atoms with Crippen molar-refractivity contribution in [2.24, 2.45) is 0 Å². The molecule has 0 amide bonds. The predicted molar refractivity (Wildman–Crippen MR) is 127 cm³/mol. The van der Waals surface area contributed by atoms with Crippen LogP contribution in [0.15, 0.2) is 65.6 Å². The highest BCUT2D eigenvalue weighted by atomic mass is 35.5. The Morgan fingerprint density at radius 1 is 1.00 bits per heavy atom. The monoisotopic (exact) mass is 506 g/mol. The Kier molecular flexibility index (Phi) is 6.13. The number of sulfone groups is 1. The maximum absolute atomic E-state index is 12.2. The molecule has 4 rings (SSSR count). The lowest BCUT2D eigenvalue weighted by Gasteiger charge is -2.10. The smallest absolute Gasteiger partial charge is 0.358 e. The van der Waals surface area contributed by atoms with Gasteiger partial charge in [0.1, 0.15) is 5.69 Å². The van der Waals surface area contributed by atoms with E-state index < -0.39 is 15.8 Å². The molecule has 0 aliphatic carbocycles. The summed E-state index contributed by atoms with van der Waals surface area (Å²) >= 11 is 14.2. The van der Waals surface area contributed by atoms with E-state index in [1.54, 1.807) is 42.5 Å². The fraction of sp³-hybridized carbons (Fsp3) is 0.0909. The predicted octanol–water partition coefficient (Wildman–Crippen LogP) is 5.76. The van der Waals surface area contributed by atoms with Crippen molar-refractivity contribution in [2.45, 2.75) is 4.90 Å². The van der Waals surface area contributed by atoms with E-state index in [-0.39, 0.29) is 10.6 Å². The number of halogens is 2. The van der Waals surface area contributed by atoms with E-state index >= 15 is 0 Å². The summed E-state index contributed by atoms with van der Waals surface area (Å²) in [6.45, 7) is 0. The van der Waals surface area contributed by atoms with E-state index in [9.17, 15) is 13.2 Å². The van der Waals surface area contributed by atoms with E-state index in [1.807, 2.05) is 18.2 Å². The number of carbonyl (C=O) groups is 1. The minimum Gasteiger partial charge on any atom is -0.464 e. The Hall–Kier alpha value is -2.65. The van der Waals surface area contributed by atoms with Crippen molar-refractivity contribution in [1.29, 1.82) is 0 Å². The Balaban J connectivity index is 1.86. The number of hydrogen-bond acceptors (Lipinski definition) is 6. The van der Waals surface area contributed by atoms with Crippen LogP contribution in [-0.2, 0) is 14.6 Å². The van der Waals surface area contributed by atoms with E-state index in [4.69, 9.17) is 27.9 Å². The summed E-state index contributed by atoms with van der Waals surface area (Å²) in [6.07, 6.45) is 1.17. The molecule has 0 radical (unpaired) electrons. The van der Waals surface area contributed by atoms with Crippen molar-refractivity contribution >= 4 is 50.3 Å². The molecular formula is C22H16Cl2N2O4S2. The first-order chi connectivity index (χ1) is 15.2. The standard InChI is InChI=1S/C22H16Cl2N2O4S2/c1-30-22(27)17-12-18(26(25-17)21-15(23)7-4-8-16(21)24)20-10-9-19(31-20)13-5-3-6-14(11-13)32(2,28)29/h3-12H,1-2H3. The van der Waals surface area contributed by atoms with Gasteiger partial charge in [-0.2, -0.15) is 5.10 Å². The van der Waals surface area contributed by atoms with Gasteiger partial charge in [-0.3, -0.25) is 0 Å². The quantitative estimate of drug-likeness (QED) is 0.321. The number of para-hydroxylation sites is 1. The van der Waals surface area contributed by atoms with Gasteiger partial charge in [-0.15, -0.1) is 11.3 Å². The van der Waals surface area contributed by atoms with Gasteiger partial charge in [-0.05, 0) is 42.0 Å². The van der Waals surface area contributed by atoms with E-state index in [0.29, 0.717) is 21.4 Å². The Morgan fingerprint density at radius 3 is 2.31 bits per heavy atom. The molecule has 4 aromatic rings. The van der Waals surface area contributed by atoms with Gasteiger partial charge in [-0.25, -0.2) is 17.9 Å². The second-order valence-corrected chi connectivity index (χ2v) is 10.8. The minimum atomic E-state index is -3.33. The molecule has 0 aliphatic heterocycles. The molecule has 2 heterocycles. The van der Waals surface area contributed by atoms with Gasteiger partial charge < -0.3 is 4.74 Å². The number of esters is 1. The van der Waals surface area contributed by atoms with Crippen LogP contribution in [0.3, 0.4) is 0 Å². The topological polar surface area (TPSA) is 78.3 Å².